The Morgan fingerprint density at radius 2 is 2.11 bits per heavy atom. The molecule has 0 amide bonds. The van der Waals surface area contributed by atoms with Gasteiger partial charge in [-0.25, -0.2) is 9.89 Å². The first-order valence-corrected chi connectivity index (χ1v) is 6.48. The minimum atomic E-state index is -0.168. The highest BCUT2D eigenvalue weighted by Crippen LogP contribution is 2.61. The number of hydrogen-bond donors (Lipinski definition) is 2. The van der Waals surface area contributed by atoms with E-state index in [2.05, 4.69) is 10.2 Å². The second kappa shape index (κ2) is 4.08. The highest BCUT2D eigenvalue weighted by molar-refractivity contribution is 5.85. The van der Waals surface area contributed by atoms with Gasteiger partial charge in [0, 0.05) is 18.2 Å². The van der Waals surface area contributed by atoms with Crippen molar-refractivity contribution in [2.45, 2.75) is 37.6 Å². The van der Waals surface area contributed by atoms with Crippen LogP contribution in [0.5, 0.6) is 0 Å². The van der Waals surface area contributed by atoms with E-state index in [4.69, 9.17) is 5.73 Å². The zero-order chi connectivity index (χ0) is 12.3. The van der Waals surface area contributed by atoms with E-state index in [1.54, 1.807) is 10.6 Å². The summed E-state index contributed by atoms with van der Waals surface area (Å²) in [6.07, 6.45) is 6.43. The molecule has 0 saturated heterocycles. The number of nitrogens with two attached hydrogens (primary N) is 1. The third-order valence-corrected chi connectivity index (χ3v) is 4.64. The summed E-state index contributed by atoms with van der Waals surface area (Å²) in [6, 6.07) is 4.27. The number of halogens is 1. The Hall–Kier alpha value is -1.33. The molecule has 3 N–H and O–H groups in total. The minimum Gasteiger partial charge on any atom is -0.328 e. The van der Waals surface area contributed by atoms with Crippen LogP contribution in [0.2, 0.25) is 0 Å². The number of nitrogens with one attached hydrogen (secondary N) is 1. The first-order chi connectivity index (χ1) is 8.67. The molecule has 2 aromatic rings. The topological polar surface area (TPSA) is 76.2 Å². The molecule has 2 aliphatic carbocycles. The molecule has 19 heavy (non-hydrogen) atoms. The Kier molecular flexibility index (Phi) is 2.73. The van der Waals surface area contributed by atoms with E-state index < -0.39 is 0 Å². The molecule has 2 saturated carbocycles. The van der Waals surface area contributed by atoms with Gasteiger partial charge in [0.15, 0.2) is 0 Å². The van der Waals surface area contributed by atoms with Gasteiger partial charge in [-0.15, -0.1) is 12.4 Å². The molecule has 1 spiro atoms. The van der Waals surface area contributed by atoms with Crippen molar-refractivity contribution >= 4 is 17.9 Å². The first kappa shape index (κ1) is 12.7. The predicted molar refractivity (Wildman–Crippen MR) is 74.7 cm³/mol. The second-order valence-electron chi connectivity index (χ2n) is 5.95. The van der Waals surface area contributed by atoms with E-state index in [1.165, 1.54) is 12.8 Å². The molecular formula is C13H17ClN4O. The molecular weight excluding hydrogens is 264 g/mol. The van der Waals surface area contributed by atoms with Gasteiger partial charge >= 0.3 is 5.69 Å². The monoisotopic (exact) mass is 280 g/mol. The summed E-state index contributed by atoms with van der Waals surface area (Å²) >= 11 is 0. The van der Waals surface area contributed by atoms with Crippen molar-refractivity contribution in [3.63, 3.8) is 0 Å². The van der Waals surface area contributed by atoms with Crippen molar-refractivity contribution in [3.05, 3.63) is 34.5 Å². The number of fused-ring (bicyclic) bond motifs is 1. The number of rotatable bonds is 1. The zero-order valence-electron chi connectivity index (χ0n) is 10.5. The van der Waals surface area contributed by atoms with E-state index in [1.807, 2.05) is 12.1 Å². The standard InChI is InChI=1S/C13H16N4O.ClH/c14-9-6-13(7-9)4-8(5-13)11-10-2-1-3-17(10)12(18)16-15-11;/h1-3,8-9H,4-7,14H2,(H,16,18);1H. The minimum absolute atomic E-state index is 0. The average Bonchev–Trinajstić information content (AvgIpc) is 2.72. The Morgan fingerprint density at radius 3 is 2.79 bits per heavy atom. The Bertz CT molecular complexity index is 663. The third kappa shape index (κ3) is 1.72. The number of aromatic nitrogens is 3. The van der Waals surface area contributed by atoms with Crippen molar-refractivity contribution < 1.29 is 0 Å². The van der Waals surface area contributed by atoms with Crippen molar-refractivity contribution in [1.82, 2.24) is 14.6 Å². The smallest absolute Gasteiger partial charge is 0.328 e. The summed E-state index contributed by atoms with van der Waals surface area (Å²) in [5, 5.41) is 6.84. The van der Waals surface area contributed by atoms with E-state index in [-0.39, 0.29) is 18.1 Å². The Labute approximate surface area is 116 Å². The lowest BCUT2D eigenvalue weighted by Crippen LogP contribution is -2.52. The lowest BCUT2D eigenvalue weighted by molar-refractivity contribution is -0.00935. The molecule has 0 atom stereocenters. The van der Waals surface area contributed by atoms with E-state index in [0.29, 0.717) is 17.4 Å². The van der Waals surface area contributed by atoms with Crippen LogP contribution >= 0.6 is 12.4 Å². The van der Waals surface area contributed by atoms with Gasteiger partial charge in [0.2, 0.25) is 0 Å². The van der Waals surface area contributed by atoms with E-state index in [9.17, 15) is 4.79 Å². The molecule has 0 bridgehead atoms. The Morgan fingerprint density at radius 1 is 1.37 bits per heavy atom. The SMILES string of the molecule is Cl.NC1CC2(C1)CC(c1n[nH]c(=O)n3cccc13)C2. The van der Waals surface area contributed by atoms with Gasteiger partial charge < -0.3 is 5.73 Å². The highest BCUT2D eigenvalue weighted by Gasteiger charge is 2.52. The van der Waals surface area contributed by atoms with Crippen molar-refractivity contribution in [3.8, 4) is 0 Å². The van der Waals surface area contributed by atoms with Gasteiger partial charge in [-0.2, -0.15) is 5.10 Å². The lowest BCUT2D eigenvalue weighted by atomic mass is 9.49. The number of aromatic amines is 1. The summed E-state index contributed by atoms with van der Waals surface area (Å²) in [4.78, 5) is 11.6. The van der Waals surface area contributed by atoms with Crippen LogP contribution in [0.4, 0.5) is 0 Å². The maximum absolute atomic E-state index is 11.6. The number of H-pyrrole nitrogens is 1. The van der Waals surface area contributed by atoms with Crippen LogP contribution in [0.25, 0.3) is 5.52 Å². The van der Waals surface area contributed by atoms with E-state index >= 15 is 0 Å². The van der Waals surface area contributed by atoms with Gasteiger partial charge in [0.05, 0.1) is 11.2 Å². The van der Waals surface area contributed by atoms with Crippen molar-refractivity contribution in [2.24, 2.45) is 11.1 Å². The van der Waals surface area contributed by atoms with Gasteiger partial charge in [0.1, 0.15) is 0 Å². The summed E-state index contributed by atoms with van der Waals surface area (Å²) in [6.45, 7) is 0. The van der Waals surface area contributed by atoms with Crippen molar-refractivity contribution in [1.29, 1.82) is 0 Å². The summed E-state index contributed by atoms with van der Waals surface area (Å²) in [5.41, 5.74) is 8.18. The van der Waals surface area contributed by atoms with E-state index in [0.717, 1.165) is 24.1 Å². The largest absolute Gasteiger partial charge is 0.346 e. The van der Waals surface area contributed by atoms with Gasteiger partial charge in [-0.3, -0.25) is 4.40 Å². The van der Waals surface area contributed by atoms with Gasteiger partial charge in [-0.1, -0.05) is 0 Å². The van der Waals surface area contributed by atoms with Gasteiger partial charge in [-0.05, 0) is 43.2 Å². The fourth-order valence-corrected chi connectivity index (χ4v) is 3.85. The van der Waals surface area contributed by atoms with Crippen LogP contribution in [-0.4, -0.2) is 20.6 Å². The molecule has 2 fully saturated rings. The van der Waals surface area contributed by atoms with Crippen molar-refractivity contribution in [2.75, 3.05) is 0 Å². The number of nitrogens with zero attached hydrogens (tertiary/aromatic N) is 2. The molecule has 2 heterocycles. The van der Waals surface area contributed by atoms with Crippen LogP contribution < -0.4 is 11.4 Å². The molecule has 0 aromatic carbocycles. The maximum Gasteiger partial charge on any atom is 0.346 e. The quantitative estimate of drug-likeness (QED) is 0.830. The van der Waals surface area contributed by atoms with Crippen LogP contribution in [0.15, 0.2) is 23.1 Å². The molecule has 0 unspecified atom stereocenters. The molecule has 6 heteroatoms. The lowest BCUT2D eigenvalue weighted by Gasteiger charge is -2.56. The highest BCUT2D eigenvalue weighted by atomic mass is 35.5. The molecule has 2 aromatic heterocycles. The fraction of sp³-hybridized carbons (Fsp3) is 0.538. The zero-order valence-corrected chi connectivity index (χ0v) is 11.3. The average molecular weight is 281 g/mol. The molecule has 0 aliphatic heterocycles. The Balaban J connectivity index is 0.00000110. The second-order valence-corrected chi connectivity index (χ2v) is 5.95. The molecule has 102 valence electrons. The van der Waals surface area contributed by atoms with Crippen LogP contribution in [-0.2, 0) is 0 Å². The molecule has 5 nitrogen and oxygen atoms in total. The predicted octanol–water partition coefficient (Wildman–Crippen LogP) is 1.43. The third-order valence-electron chi connectivity index (χ3n) is 4.64. The first-order valence-electron chi connectivity index (χ1n) is 6.48. The van der Waals surface area contributed by atoms with Crippen LogP contribution in [0.1, 0.15) is 37.3 Å². The molecule has 2 aliphatic rings. The normalized spacial score (nSPS) is 32.7. The van der Waals surface area contributed by atoms with Gasteiger partial charge in [0.25, 0.3) is 0 Å². The molecule has 4 rings (SSSR count). The summed E-state index contributed by atoms with van der Waals surface area (Å²) in [7, 11) is 0. The number of hydrogen-bond acceptors (Lipinski definition) is 3. The van der Waals surface area contributed by atoms with Crippen LogP contribution in [0.3, 0.4) is 0 Å². The molecule has 0 radical (unpaired) electrons. The summed E-state index contributed by atoms with van der Waals surface area (Å²) < 4.78 is 1.64. The maximum atomic E-state index is 11.6. The summed E-state index contributed by atoms with van der Waals surface area (Å²) in [5.74, 6) is 0.478. The fourth-order valence-electron chi connectivity index (χ4n) is 3.85. The van der Waals surface area contributed by atoms with Crippen LogP contribution in [0, 0.1) is 5.41 Å².